The van der Waals surface area contributed by atoms with E-state index in [0.29, 0.717) is 11.6 Å². The normalized spacial score (nSPS) is 16.2. The highest BCUT2D eigenvalue weighted by molar-refractivity contribution is 9.10. The largest absolute Gasteiger partial charge is 0.296 e. The van der Waals surface area contributed by atoms with E-state index in [2.05, 4.69) is 33.2 Å². The van der Waals surface area contributed by atoms with Crippen molar-refractivity contribution in [3.63, 3.8) is 0 Å². The van der Waals surface area contributed by atoms with Gasteiger partial charge in [-0.25, -0.2) is 5.84 Å². The third-order valence-corrected chi connectivity index (χ3v) is 5.06. The zero-order chi connectivity index (χ0) is 15.2. The fourth-order valence-electron chi connectivity index (χ4n) is 3.06. The molecule has 0 unspecified atom stereocenters. The summed E-state index contributed by atoms with van der Waals surface area (Å²) in [4.78, 5) is 14.1. The van der Waals surface area contributed by atoms with E-state index in [-0.39, 0.29) is 5.91 Å². The van der Waals surface area contributed by atoms with Crippen LogP contribution in [0.1, 0.15) is 54.9 Å². The van der Waals surface area contributed by atoms with Crippen molar-refractivity contribution in [3.05, 3.63) is 33.8 Å². The molecule has 1 aromatic rings. The second kappa shape index (κ2) is 7.92. The van der Waals surface area contributed by atoms with Crippen molar-refractivity contribution in [2.45, 2.75) is 51.6 Å². The average Bonchev–Trinajstić information content (AvgIpc) is 2.53. The van der Waals surface area contributed by atoms with Crippen molar-refractivity contribution in [1.29, 1.82) is 0 Å². The molecule has 0 bridgehead atoms. The van der Waals surface area contributed by atoms with Gasteiger partial charge in [0, 0.05) is 22.6 Å². The summed E-state index contributed by atoms with van der Waals surface area (Å²) in [5, 5.41) is 0. The summed E-state index contributed by atoms with van der Waals surface area (Å²) in [6.07, 6.45) is 6.68. The van der Waals surface area contributed by atoms with Crippen LogP contribution in [0.3, 0.4) is 0 Å². The molecular formula is C16H24BrN3O. The van der Waals surface area contributed by atoms with Crippen LogP contribution in [0.2, 0.25) is 0 Å². The Balaban J connectivity index is 2.08. The number of carbonyl (C=O) groups excluding carboxylic acids is 1. The number of rotatable bonds is 5. The van der Waals surface area contributed by atoms with Gasteiger partial charge in [-0.15, -0.1) is 0 Å². The van der Waals surface area contributed by atoms with Gasteiger partial charge >= 0.3 is 0 Å². The molecule has 21 heavy (non-hydrogen) atoms. The number of hydrazine groups is 1. The Hall–Kier alpha value is -0.910. The van der Waals surface area contributed by atoms with Gasteiger partial charge in [-0.1, -0.05) is 48.2 Å². The number of nitrogens with one attached hydrogen (secondary N) is 1. The first-order valence-electron chi connectivity index (χ1n) is 7.69. The predicted molar refractivity (Wildman–Crippen MR) is 88.8 cm³/mol. The summed E-state index contributed by atoms with van der Waals surface area (Å²) in [6.45, 7) is 4.20. The minimum atomic E-state index is -0.262. The van der Waals surface area contributed by atoms with Crippen LogP contribution in [-0.4, -0.2) is 23.4 Å². The number of nitrogen functional groups attached to an aromatic ring is 1. The standard InChI is InChI=1S/C16H24BrN3O/c1-2-20(14-6-4-3-5-7-14)11-13-9-8-12(10-15(13)17)16(21)19-18/h8-10,14H,2-7,11,18H2,1H3,(H,19,21). The van der Waals surface area contributed by atoms with Crippen molar-refractivity contribution < 1.29 is 4.79 Å². The first-order chi connectivity index (χ1) is 10.2. The van der Waals surface area contributed by atoms with Gasteiger partial charge in [0.15, 0.2) is 0 Å². The monoisotopic (exact) mass is 353 g/mol. The van der Waals surface area contributed by atoms with Crippen molar-refractivity contribution in [2.75, 3.05) is 6.54 Å². The van der Waals surface area contributed by atoms with E-state index in [1.165, 1.54) is 37.7 Å². The summed E-state index contributed by atoms with van der Waals surface area (Å²) in [7, 11) is 0. The van der Waals surface area contributed by atoms with E-state index in [9.17, 15) is 4.79 Å². The molecule has 0 saturated heterocycles. The Kier molecular flexibility index (Phi) is 6.21. The lowest BCUT2D eigenvalue weighted by Gasteiger charge is -2.33. The van der Waals surface area contributed by atoms with Crippen LogP contribution in [-0.2, 0) is 6.54 Å². The molecular weight excluding hydrogens is 330 g/mol. The predicted octanol–water partition coefficient (Wildman–Crippen LogP) is 3.21. The maximum Gasteiger partial charge on any atom is 0.265 e. The lowest BCUT2D eigenvalue weighted by Crippen LogP contribution is -2.36. The maximum absolute atomic E-state index is 11.5. The molecule has 5 heteroatoms. The van der Waals surface area contributed by atoms with E-state index in [0.717, 1.165) is 17.6 Å². The molecule has 1 aliphatic rings. The lowest BCUT2D eigenvalue weighted by molar-refractivity contribution is 0.0953. The van der Waals surface area contributed by atoms with E-state index in [1.807, 2.05) is 18.2 Å². The molecule has 0 spiro atoms. The Morgan fingerprint density at radius 1 is 1.38 bits per heavy atom. The van der Waals surface area contributed by atoms with E-state index in [4.69, 9.17) is 5.84 Å². The molecule has 0 heterocycles. The summed E-state index contributed by atoms with van der Waals surface area (Å²) < 4.78 is 0.970. The van der Waals surface area contributed by atoms with Gasteiger partial charge in [0.1, 0.15) is 0 Å². The number of halogens is 1. The van der Waals surface area contributed by atoms with Crippen LogP contribution in [0.15, 0.2) is 22.7 Å². The molecule has 2 rings (SSSR count). The van der Waals surface area contributed by atoms with Crippen LogP contribution in [0, 0.1) is 0 Å². The first-order valence-corrected chi connectivity index (χ1v) is 8.48. The Morgan fingerprint density at radius 3 is 2.67 bits per heavy atom. The van der Waals surface area contributed by atoms with Gasteiger partial charge in [-0.2, -0.15) is 0 Å². The SMILES string of the molecule is CCN(Cc1ccc(C(=O)NN)cc1Br)C1CCCCC1. The number of nitrogens with zero attached hydrogens (tertiary/aromatic N) is 1. The number of benzene rings is 1. The van der Waals surface area contributed by atoms with Crippen LogP contribution >= 0.6 is 15.9 Å². The van der Waals surface area contributed by atoms with Crippen molar-refractivity contribution in [1.82, 2.24) is 10.3 Å². The Bertz CT molecular complexity index is 486. The molecule has 1 fully saturated rings. The quantitative estimate of drug-likeness (QED) is 0.485. The summed E-state index contributed by atoms with van der Waals surface area (Å²) in [5.74, 6) is 4.91. The van der Waals surface area contributed by atoms with Crippen LogP contribution in [0.5, 0.6) is 0 Å². The minimum Gasteiger partial charge on any atom is -0.296 e. The summed E-state index contributed by atoms with van der Waals surface area (Å²) in [5.41, 5.74) is 3.96. The highest BCUT2D eigenvalue weighted by Crippen LogP contribution is 2.26. The zero-order valence-corrected chi connectivity index (χ0v) is 14.2. The van der Waals surface area contributed by atoms with Gasteiger partial charge in [-0.05, 0) is 37.1 Å². The molecule has 1 aromatic carbocycles. The Morgan fingerprint density at radius 2 is 2.10 bits per heavy atom. The molecule has 0 aromatic heterocycles. The van der Waals surface area contributed by atoms with Crippen LogP contribution in [0.25, 0.3) is 0 Å². The molecule has 0 aliphatic heterocycles. The second-order valence-corrected chi connectivity index (χ2v) is 6.49. The lowest BCUT2D eigenvalue weighted by atomic mass is 9.94. The third-order valence-electron chi connectivity index (χ3n) is 4.32. The molecule has 116 valence electrons. The van der Waals surface area contributed by atoms with Gasteiger partial charge in [0.05, 0.1) is 0 Å². The fourth-order valence-corrected chi connectivity index (χ4v) is 3.57. The minimum absolute atomic E-state index is 0.262. The number of hydrogen-bond acceptors (Lipinski definition) is 3. The van der Waals surface area contributed by atoms with E-state index >= 15 is 0 Å². The zero-order valence-electron chi connectivity index (χ0n) is 12.6. The number of nitrogens with two attached hydrogens (primary N) is 1. The van der Waals surface area contributed by atoms with Gasteiger partial charge < -0.3 is 0 Å². The molecule has 1 saturated carbocycles. The number of hydrogen-bond donors (Lipinski definition) is 2. The molecule has 4 nitrogen and oxygen atoms in total. The summed E-state index contributed by atoms with van der Waals surface area (Å²) in [6, 6.07) is 6.38. The highest BCUT2D eigenvalue weighted by Gasteiger charge is 2.20. The summed E-state index contributed by atoms with van der Waals surface area (Å²) >= 11 is 3.58. The van der Waals surface area contributed by atoms with Crippen molar-refractivity contribution >= 4 is 21.8 Å². The number of carbonyl (C=O) groups is 1. The van der Waals surface area contributed by atoms with Gasteiger partial charge in [0.2, 0.25) is 0 Å². The highest BCUT2D eigenvalue weighted by atomic mass is 79.9. The van der Waals surface area contributed by atoms with Crippen LogP contribution < -0.4 is 11.3 Å². The second-order valence-electron chi connectivity index (χ2n) is 5.63. The molecule has 0 atom stereocenters. The van der Waals surface area contributed by atoms with Crippen LogP contribution in [0.4, 0.5) is 0 Å². The van der Waals surface area contributed by atoms with Gasteiger partial charge in [0.25, 0.3) is 5.91 Å². The maximum atomic E-state index is 11.5. The molecule has 1 aliphatic carbocycles. The van der Waals surface area contributed by atoms with Gasteiger partial charge in [-0.3, -0.25) is 15.1 Å². The topological polar surface area (TPSA) is 58.4 Å². The molecule has 0 radical (unpaired) electrons. The first kappa shape index (κ1) is 16.5. The fraction of sp³-hybridized carbons (Fsp3) is 0.562. The smallest absolute Gasteiger partial charge is 0.265 e. The third kappa shape index (κ3) is 4.28. The Labute approximate surface area is 135 Å². The van der Waals surface area contributed by atoms with Crippen molar-refractivity contribution in [3.8, 4) is 0 Å². The number of amides is 1. The van der Waals surface area contributed by atoms with E-state index < -0.39 is 0 Å². The molecule has 1 amide bonds. The average molecular weight is 354 g/mol. The molecule has 3 N–H and O–H groups in total. The van der Waals surface area contributed by atoms with Crippen molar-refractivity contribution in [2.24, 2.45) is 5.84 Å². The van der Waals surface area contributed by atoms with E-state index in [1.54, 1.807) is 0 Å².